The van der Waals surface area contributed by atoms with Gasteiger partial charge >= 0.3 is 0 Å². The maximum Gasteiger partial charge on any atom is 0.247 e. The van der Waals surface area contributed by atoms with Gasteiger partial charge in [-0.2, -0.15) is 0 Å². The summed E-state index contributed by atoms with van der Waals surface area (Å²) in [6.45, 7) is 0. The number of amides is 1. The first-order valence-electron chi connectivity index (χ1n) is 6.13. The molecule has 2 aromatic rings. The minimum atomic E-state index is -0.215. The summed E-state index contributed by atoms with van der Waals surface area (Å²) < 4.78 is 0. The largest absolute Gasteiger partial charge is 0.373 e. The smallest absolute Gasteiger partial charge is 0.247 e. The zero-order valence-electron chi connectivity index (χ0n) is 10.2. The van der Waals surface area contributed by atoms with E-state index in [1.54, 1.807) is 24.3 Å². The minimum Gasteiger partial charge on any atom is -0.373 e. The third-order valence-electron chi connectivity index (χ3n) is 3.20. The van der Waals surface area contributed by atoms with Crippen molar-refractivity contribution in [2.75, 3.05) is 10.6 Å². The van der Waals surface area contributed by atoms with Gasteiger partial charge in [0, 0.05) is 22.8 Å². The number of rotatable bonds is 2. The van der Waals surface area contributed by atoms with E-state index < -0.39 is 0 Å². The molecule has 0 aromatic heterocycles. The first-order valence-corrected chi connectivity index (χ1v) is 6.51. The quantitative estimate of drug-likeness (QED) is 0.881. The van der Waals surface area contributed by atoms with Crippen molar-refractivity contribution in [3.05, 3.63) is 59.1 Å². The van der Waals surface area contributed by atoms with E-state index >= 15 is 0 Å². The number of hydrogen-bond donors (Lipinski definition) is 2. The Morgan fingerprint density at radius 2 is 1.89 bits per heavy atom. The molecule has 1 aliphatic heterocycles. The first kappa shape index (κ1) is 12.1. The molecule has 0 saturated heterocycles. The van der Waals surface area contributed by atoms with Crippen molar-refractivity contribution < 1.29 is 4.79 Å². The number of anilines is 2. The average Bonchev–Trinajstić information content (AvgIpc) is 2.85. The molecule has 1 amide bonds. The van der Waals surface area contributed by atoms with Crippen molar-refractivity contribution in [1.82, 2.24) is 0 Å². The number of carbonyl (C=O) groups excluding carboxylic acids is 1. The van der Waals surface area contributed by atoms with Gasteiger partial charge in [-0.05, 0) is 35.9 Å². The Bertz CT molecular complexity index is 585. The van der Waals surface area contributed by atoms with E-state index in [2.05, 4.69) is 10.6 Å². The molecule has 1 heterocycles. The lowest BCUT2D eigenvalue weighted by atomic mass is 10.1. The summed E-state index contributed by atoms with van der Waals surface area (Å²) in [6, 6.07) is 14.9. The van der Waals surface area contributed by atoms with Crippen LogP contribution in [0.3, 0.4) is 0 Å². The summed E-state index contributed by atoms with van der Waals surface area (Å²) in [4.78, 5) is 12.2. The molecule has 0 spiro atoms. The lowest BCUT2D eigenvalue weighted by Gasteiger charge is -2.12. The number of para-hydroxylation sites is 1. The third kappa shape index (κ3) is 2.56. The highest BCUT2D eigenvalue weighted by atomic mass is 35.5. The van der Waals surface area contributed by atoms with Crippen molar-refractivity contribution in [2.45, 2.75) is 12.5 Å². The Morgan fingerprint density at radius 1 is 1.16 bits per heavy atom. The Kier molecular flexibility index (Phi) is 3.13. The van der Waals surface area contributed by atoms with E-state index in [1.807, 2.05) is 24.3 Å². The highest BCUT2D eigenvalue weighted by molar-refractivity contribution is 6.30. The zero-order chi connectivity index (χ0) is 13.2. The molecule has 2 aromatic carbocycles. The van der Waals surface area contributed by atoms with E-state index in [4.69, 9.17) is 11.6 Å². The zero-order valence-corrected chi connectivity index (χ0v) is 10.9. The van der Waals surface area contributed by atoms with Gasteiger partial charge in [-0.1, -0.05) is 29.8 Å². The van der Waals surface area contributed by atoms with Crippen LogP contribution in [0, 0.1) is 0 Å². The second-order valence-corrected chi connectivity index (χ2v) is 4.99. The number of halogens is 1. The van der Waals surface area contributed by atoms with Crippen LogP contribution in [0.4, 0.5) is 11.4 Å². The highest BCUT2D eigenvalue weighted by Gasteiger charge is 2.26. The summed E-state index contributed by atoms with van der Waals surface area (Å²) >= 11 is 5.81. The topological polar surface area (TPSA) is 41.1 Å². The fourth-order valence-electron chi connectivity index (χ4n) is 2.22. The van der Waals surface area contributed by atoms with Gasteiger partial charge in [-0.15, -0.1) is 0 Å². The van der Waals surface area contributed by atoms with Crippen molar-refractivity contribution >= 4 is 28.9 Å². The van der Waals surface area contributed by atoms with Gasteiger partial charge in [0.25, 0.3) is 0 Å². The SMILES string of the molecule is O=C(Nc1ccc(Cl)cc1)C1Cc2ccccc2N1. The van der Waals surface area contributed by atoms with Crippen molar-refractivity contribution in [3.8, 4) is 0 Å². The molecule has 3 rings (SSSR count). The van der Waals surface area contributed by atoms with Crippen molar-refractivity contribution in [3.63, 3.8) is 0 Å². The molecule has 96 valence electrons. The van der Waals surface area contributed by atoms with Crippen LogP contribution in [-0.4, -0.2) is 11.9 Å². The lowest BCUT2D eigenvalue weighted by molar-refractivity contribution is -0.116. The van der Waals surface area contributed by atoms with Gasteiger partial charge in [0.05, 0.1) is 0 Å². The van der Waals surface area contributed by atoms with Gasteiger partial charge in [0.2, 0.25) is 5.91 Å². The van der Waals surface area contributed by atoms with E-state index in [0.717, 1.165) is 17.8 Å². The molecule has 0 aliphatic carbocycles. The van der Waals surface area contributed by atoms with Crippen LogP contribution >= 0.6 is 11.6 Å². The number of fused-ring (bicyclic) bond motifs is 1. The third-order valence-corrected chi connectivity index (χ3v) is 3.45. The fraction of sp³-hybridized carbons (Fsp3) is 0.133. The van der Waals surface area contributed by atoms with Gasteiger partial charge in [-0.3, -0.25) is 4.79 Å². The number of carbonyl (C=O) groups is 1. The highest BCUT2D eigenvalue weighted by Crippen LogP contribution is 2.25. The second kappa shape index (κ2) is 4.94. The van der Waals surface area contributed by atoms with Crippen LogP contribution < -0.4 is 10.6 Å². The standard InChI is InChI=1S/C15H13ClN2O/c16-11-5-7-12(8-6-11)17-15(19)14-9-10-3-1-2-4-13(10)18-14/h1-8,14,18H,9H2,(H,17,19). The molecule has 3 nitrogen and oxygen atoms in total. The van der Waals surface area contributed by atoms with Crippen molar-refractivity contribution in [1.29, 1.82) is 0 Å². The Hall–Kier alpha value is -2.00. The normalized spacial score (nSPS) is 16.6. The average molecular weight is 273 g/mol. The molecule has 19 heavy (non-hydrogen) atoms. The van der Waals surface area contributed by atoms with Crippen LogP contribution in [0.1, 0.15) is 5.56 Å². The fourth-order valence-corrected chi connectivity index (χ4v) is 2.34. The number of benzene rings is 2. The molecular weight excluding hydrogens is 260 g/mol. The molecule has 1 aliphatic rings. The Morgan fingerprint density at radius 3 is 2.63 bits per heavy atom. The van der Waals surface area contributed by atoms with Crippen LogP contribution in [0.2, 0.25) is 5.02 Å². The van der Waals surface area contributed by atoms with Gasteiger partial charge in [-0.25, -0.2) is 0 Å². The predicted octanol–water partition coefficient (Wildman–Crippen LogP) is 3.32. The number of hydrogen-bond acceptors (Lipinski definition) is 2. The second-order valence-electron chi connectivity index (χ2n) is 4.55. The summed E-state index contributed by atoms with van der Waals surface area (Å²) in [5, 5.41) is 6.77. The molecule has 0 radical (unpaired) electrons. The summed E-state index contributed by atoms with van der Waals surface area (Å²) in [5.41, 5.74) is 2.98. The predicted molar refractivity (Wildman–Crippen MR) is 77.6 cm³/mol. The molecule has 0 bridgehead atoms. The maximum atomic E-state index is 12.2. The van der Waals surface area contributed by atoms with E-state index in [1.165, 1.54) is 5.56 Å². The Labute approximate surface area is 116 Å². The van der Waals surface area contributed by atoms with Gasteiger partial charge in [0.1, 0.15) is 6.04 Å². The van der Waals surface area contributed by atoms with Gasteiger partial charge in [0.15, 0.2) is 0 Å². The monoisotopic (exact) mass is 272 g/mol. The van der Waals surface area contributed by atoms with Crippen LogP contribution in [0.25, 0.3) is 0 Å². The summed E-state index contributed by atoms with van der Waals surface area (Å²) in [7, 11) is 0. The maximum absolute atomic E-state index is 12.2. The molecule has 0 saturated carbocycles. The minimum absolute atomic E-state index is 0.0291. The summed E-state index contributed by atoms with van der Waals surface area (Å²) in [5.74, 6) is -0.0291. The molecule has 4 heteroatoms. The van der Waals surface area contributed by atoms with E-state index in [0.29, 0.717) is 5.02 Å². The molecular formula is C15H13ClN2O. The molecule has 0 fully saturated rings. The van der Waals surface area contributed by atoms with Crippen LogP contribution in [0.15, 0.2) is 48.5 Å². The summed E-state index contributed by atoms with van der Waals surface area (Å²) in [6.07, 6.45) is 0.718. The van der Waals surface area contributed by atoms with Crippen LogP contribution in [0.5, 0.6) is 0 Å². The lowest BCUT2D eigenvalue weighted by Crippen LogP contribution is -2.32. The molecule has 1 atom stereocenters. The van der Waals surface area contributed by atoms with E-state index in [9.17, 15) is 4.79 Å². The van der Waals surface area contributed by atoms with Crippen molar-refractivity contribution in [2.24, 2.45) is 0 Å². The molecule has 2 N–H and O–H groups in total. The van der Waals surface area contributed by atoms with Gasteiger partial charge < -0.3 is 10.6 Å². The first-order chi connectivity index (χ1) is 9.22. The molecule has 1 unspecified atom stereocenters. The Balaban J connectivity index is 1.68. The van der Waals surface area contributed by atoms with Crippen LogP contribution in [-0.2, 0) is 11.2 Å². The van der Waals surface area contributed by atoms with E-state index in [-0.39, 0.29) is 11.9 Å². The number of nitrogens with one attached hydrogen (secondary N) is 2.